The fourth-order valence-electron chi connectivity index (χ4n) is 10.1. The summed E-state index contributed by atoms with van der Waals surface area (Å²) in [6.45, 7) is 4.79. The lowest BCUT2D eigenvalue weighted by Crippen LogP contribution is -2.55. The van der Waals surface area contributed by atoms with E-state index in [9.17, 15) is 0 Å². The number of aryl methyl sites for hydroxylation is 1. The second-order valence-corrected chi connectivity index (χ2v) is 17.1. The SMILES string of the molecule is CC1=C(c2cc(C3CCCCC3)ccc2C)N(c2ccccc2)c2cccc3c2B1c1ccc2cc1N3c1ccccc1Sc1ccccc1N2c1ccccc1. The third-order valence-corrected chi connectivity index (χ3v) is 13.9. The lowest BCUT2D eigenvalue weighted by atomic mass is 9.33. The van der Waals surface area contributed by atoms with Gasteiger partial charge in [-0.3, -0.25) is 0 Å². The molecule has 1 saturated carbocycles. The lowest BCUT2D eigenvalue weighted by molar-refractivity contribution is 0.443. The van der Waals surface area contributed by atoms with Crippen molar-refractivity contribution >= 4 is 80.6 Å². The molecule has 1 fully saturated rings. The molecule has 3 aliphatic heterocycles. The van der Waals surface area contributed by atoms with Gasteiger partial charge in [0.25, 0.3) is 0 Å². The van der Waals surface area contributed by atoms with Gasteiger partial charge in [0.05, 0.1) is 11.4 Å². The van der Waals surface area contributed by atoms with Gasteiger partial charge in [0.15, 0.2) is 0 Å². The van der Waals surface area contributed by atoms with E-state index in [2.05, 4.69) is 192 Å². The molecule has 0 N–H and O–H groups in total. The molecule has 0 spiro atoms. The molecule has 4 aliphatic rings. The zero-order chi connectivity index (χ0) is 38.0. The van der Waals surface area contributed by atoms with Crippen molar-refractivity contribution in [3.8, 4) is 0 Å². The molecule has 0 atom stereocenters. The smallest absolute Gasteiger partial charge is 0.247 e. The number of nitrogens with zero attached hydrogens (tertiary/aromatic N) is 3. The Kier molecular flexibility index (Phi) is 8.40. The monoisotopic (exact) mass is 753 g/mol. The number of para-hydroxylation sites is 4. The van der Waals surface area contributed by atoms with Crippen molar-refractivity contribution < 1.29 is 0 Å². The van der Waals surface area contributed by atoms with Crippen LogP contribution in [0.1, 0.15) is 61.6 Å². The van der Waals surface area contributed by atoms with Crippen LogP contribution >= 0.6 is 11.8 Å². The molecular weight excluding hydrogens is 709 g/mol. The van der Waals surface area contributed by atoms with Crippen LogP contribution in [-0.2, 0) is 0 Å². The number of rotatable bonds is 4. The summed E-state index contributed by atoms with van der Waals surface area (Å²) in [6, 6.07) is 61.3. The second kappa shape index (κ2) is 13.9. The minimum atomic E-state index is 0.0735. The fraction of sp³-hybridized carbons (Fsp3) is 0.154. The van der Waals surface area contributed by atoms with E-state index >= 15 is 0 Å². The molecule has 57 heavy (non-hydrogen) atoms. The molecule has 5 heteroatoms. The quantitative estimate of drug-likeness (QED) is 0.166. The van der Waals surface area contributed by atoms with Gasteiger partial charge in [-0.2, -0.15) is 0 Å². The maximum atomic E-state index is 2.58. The summed E-state index contributed by atoms with van der Waals surface area (Å²) in [5.74, 6) is 0.628. The van der Waals surface area contributed by atoms with Gasteiger partial charge >= 0.3 is 0 Å². The number of anilines is 8. The fourth-order valence-corrected chi connectivity index (χ4v) is 11.2. The van der Waals surface area contributed by atoms with Crippen molar-refractivity contribution in [1.29, 1.82) is 0 Å². The molecule has 7 aromatic rings. The minimum Gasteiger partial charge on any atom is -0.311 e. The predicted molar refractivity (Wildman–Crippen MR) is 243 cm³/mol. The molecule has 3 heterocycles. The molecular formula is C52H44BN3S. The van der Waals surface area contributed by atoms with E-state index in [-0.39, 0.29) is 6.71 Å². The van der Waals surface area contributed by atoms with E-state index in [1.54, 1.807) is 0 Å². The largest absolute Gasteiger partial charge is 0.311 e. The van der Waals surface area contributed by atoms with Crippen LogP contribution in [0.15, 0.2) is 179 Å². The van der Waals surface area contributed by atoms with Crippen molar-refractivity contribution in [2.24, 2.45) is 0 Å². The number of hydrogen-bond acceptors (Lipinski definition) is 4. The molecule has 0 unspecified atom stereocenters. The Labute approximate surface area is 341 Å². The summed E-state index contributed by atoms with van der Waals surface area (Å²) in [5, 5.41) is 0. The van der Waals surface area contributed by atoms with Crippen molar-refractivity contribution in [2.75, 3.05) is 14.7 Å². The molecule has 7 aromatic carbocycles. The Balaban J connectivity index is 1.20. The van der Waals surface area contributed by atoms with Crippen LogP contribution in [-0.4, -0.2) is 6.71 Å². The maximum absolute atomic E-state index is 2.58. The predicted octanol–water partition coefficient (Wildman–Crippen LogP) is 13.5. The Morgan fingerprint density at radius 3 is 1.79 bits per heavy atom. The molecule has 276 valence electrons. The summed E-state index contributed by atoms with van der Waals surface area (Å²) >= 11 is 1.85. The first-order chi connectivity index (χ1) is 28.1. The van der Waals surface area contributed by atoms with Crippen LogP contribution in [0.4, 0.5) is 45.5 Å². The average Bonchev–Trinajstić information content (AvgIpc) is 3.26. The van der Waals surface area contributed by atoms with E-state index in [4.69, 9.17) is 0 Å². The van der Waals surface area contributed by atoms with Crippen LogP contribution in [0.25, 0.3) is 5.70 Å². The first-order valence-corrected chi connectivity index (χ1v) is 21.4. The molecule has 0 aromatic heterocycles. The minimum absolute atomic E-state index is 0.0735. The van der Waals surface area contributed by atoms with Crippen LogP contribution in [0.2, 0.25) is 0 Å². The number of hydrogen-bond donors (Lipinski definition) is 0. The molecule has 2 bridgehead atoms. The summed E-state index contributed by atoms with van der Waals surface area (Å²) in [6.07, 6.45) is 6.59. The van der Waals surface area contributed by atoms with Crippen molar-refractivity contribution in [2.45, 2.75) is 61.7 Å². The van der Waals surface area contributed by atoms with E-state index in [1.165, 1.54) is 115 Å². The van der Waals surface area contributed by atoms with Gasteiger partial charge in [-0.05, 0) is 134 Å². The van der Waals surface area contributed by atoms with Gasteiger partial charge < -0.3 is 14.7 Å². The third-order valence-electron chi connectivity index (χ3n) is 12.7. The van der Waals surface area contributed by atoms with E-state index in [1.807, 2.05) is 11.8 Å². The number of fused-ring (bicyclic) bond motifs is 6. The molecule has 3 nitrogen and oxygen atoms in total. The lowest BCUT2D eigenvalue weighted by Gasteiger charge is -2.45. The Hall–Kier alpha value is -5.91. The highest BCUT2D eigenvalue weighted by Gasteiger charge is 2.44. The van der Waals surface area contributed by atoms with Gasteiger partial charge in [-0.1, -0.05) is 121 Å². The van der Waals surface area contributed by atoms with Crippen LogP contribution < -0.4 is 25.6 Å². The van der Waals surface area contributed by atoms with Gasteiger partial charge in [0.2, 0.25) is 6.71 Å². The number of allylic oxidation sites excluding steroid dienone is 1. The van der Waals surface area contributed by atoms with Crippen LogP contribution in [0.5, 0.6) is 0 Å². The van der Waals surface area contributed by atoms with E-state index < -0.39 is 0 Å². The standard InChI is InChI=1S/C52H44BN3S/c1-35-29-30-38(37-17-6-3-7-18-37)33-42(35)52-36(2)53-43-32-31-41-34-48(43)56(47-26-16-25-46(51(47)53)55(52)40-21-10-5-11-22-40)45-24-13-15-28-50(45)57-49-27-14-12-23-44(49)54(41)39-19-8-4-9-20-39/h4-5,8-16,19-34,37H,3,6-7,17-18H2,1-2H3. The molecule has 1 aliphatic carbocycles. The maximum Gasteiger partial charge on any atom is 0.247 e. The van der Waals surface area contributed by atoms with Crippen molar-refractivity contribution in [3.63, 3.8) is 0 Å². The van der Waals surface area contributed by atoms with Gasteiger partial charge in [0.1, 0.15) is 0 Å². The van der Waals surface area contributed by atoms with Crippen molar-refractivity contribution in [1.82, 2.24) is 0 Å². The number of benzene rings is 7. The first-order valence-electron chi connectivity index (χ1n) is 20.6. The van der Waals surface area contributed by atoms with Crippen LogP contribution in [0, 0.1) is 6.92 Å². The van der Waals surface area contributed by atoms with Gasteiger partial charge in [-0.15, -0.1) is 0 Å². The van der Waals surface area contributed by atoms with Crippen molar-refractivity contribution in [3.05, 3.63) is 186 Å². The Morgan fingerprint density at radius 2 is 1.09 bits per heavy atom. The zero-order valence-corrected chi connectivity index (χ0v) is 33.3. The Morgan fingerprint density at radius 1 is 0.491 bits per heavy atom. The van der Waals surface area contributed by atoms with E-state index in [0.717, 1.165) is 11.4 Å². The third kappa shape index (κ3) is 5.58. The normalized spacial score (nSPS) is 15.9. The summed E-state index contributed by atoms with van der Waals surface area (Å²) in [7, 11) is 0. The molecule has 11 rings (SSSR count). The summed E-state index contributed by atoms with van der Waals surface area (Å²) < 4.78 is 0. The summed E-state index contributed by atoms with van der Waals surface area (Å²) in [5.41, 5.74) is 19.1. The highest BCUT2D eigenvalue weighted by atomic mass is 32.2. The Bertz CT molecular complexity index is 2700. The van der Waals surface area contributed by atoms with Gasteiger partial charge in [0, 0.05) is 55.2 Å². The molecule has 0 saturated heterocycles. The molecule has 0 radical (unpaired) electrons. The first kappa shape index (κ1) is 34.4. The zero-order valence-electron chi connectivity index (χ0n) is 32.5. The van der Waals surface area contributed by atoms with Crippen LogP contribution in [0.3, 0.4) is 0 Å². The van der Waals surface area contributed by atoms with E-state index in [0.29, 0.717) is 5.92 Å². The van der Waals surface area contributed by atoms with Gasteiger partial charge in [-0.25, -0.2) is 0 Å². The highest BCUT2D eigenvalue weighted by molar-refractivity contribution is 7.99. The highest BCUT2D eigenvalue weighted by Crippen LogP contribution is 2.52. The summed E-state index contributed by atoms with van der Waals surface area (Å²) in [4.78, 5) is 10.0. The second-order valence-electron chi connectivity index (χ2n) is 16.0. The average molecular weight is 754 g/mol. The topological polar surface area (TPSA) is 9.72 Å². The molecule has 0 amide bonds.